The molecule has 1 aliphatic rings. The van der Waals surface area contributed by atoms with E-state index >= 15 is 0 Å². The Morgan fingerprint density at radius 3 is 2.31 bits per heavy atom. The van der Waals surface area contributed by atoms with E-state index in [0.29, 0.717) is 45.8 Å². The third kappa shape index (κ3) is 9.02. The molecule has 8 heteroatoms. The Morgan fingerprint density at radius 2 is 1.71 bits per heavy atom. The average Bonchev–Trinajstić information content (AvgIpc) is 3.21. The van der Waals surface area contributed by atoms with Crippen molar-refractivity contribution in [3.05, 3.63) is 57.5 Å². The van der Waals surface area contributed by atoms with Crippen molar-refractivity contribution >= 4 is 23.2 Å². The molecule has 0 unspecified atom stereocenters. The van der Waals surface area contributed by atoms with Crippen LogP contribution in [0.15, 0.2) is 35.7 Å². The van der Waals surface area contributed by atoms with Gasteiger partial charge in [-0.3, -0.25) is 14.5 Å². The second-order valence-corrected chi connectivity index (χ2v) is 11.4. The first-order valence-corrected chi connectivity index (χ1v) is 13.1. The smallest absolute Gasteiger partial charge is 0.242 e. The van der Waals surface area contributed by atoms with Gasteiger partial charge in [-0.05, 0) is 47.0 Å². The van der Waals surface area contributed by atoms with Crippen molar-refractivity contribution in [2.45, 2.75) is 47.2 Å². The van der Waals surface area contributed by atoms with Crippen LogP contribution >= 0.6 is 11.3 Å². The molecule has 192 valence electrons. The first-order valence-electron chi connectivity index (χ1n) is 12.2. The zero-order valence-corrected chi connectivity index (χ0v) is 22.2. The molecule has 0 atom stereocenters. The molecular weight excluding hydrogens is 465 g/mol. The van der Waals surface area contributed by atoms with Crippen molar-refractivity contribution in [3.8, 4) is 0 Å². The molecule has 1 aromatic carbocycles. The number of rotatable bonds is 10. The van der Waals surface area contributed by atoms with Gasteiger partial charge in [-0.15, -0.1) is 11.3 Å². The van der Waals surface area contributed by atoms with Crippen LogP contribution in [0.5, 0.6) is 0 Å². The number of benzene rings is 1. The number of thiophene rings is 1. The largest absolute Gasteiger partial charge is 0.379 e. The highest BCUT2D eigenvalue weighted by molar-refractivity contribution is 7.10. The lowest BCUT2D eigenvalue weighted by molar-refractivity contribution is -0.142. The fourth-order valence-corrected chi connectivity index (χ4v) is 4.91. The van der Waals surface area contributed by atoms with Gasteiger partial charge in [0.15, 0.2) is 0 Å². The van der Waals surface area contributed by atoms with Crippen molar-refractivity contribution in [3.63, 3.8) is 0 Å². The fraction of sp³-hybridized carbons (Fsp3) is 0.556. The minimum absolute atomic E-state index is 0.00635. The summed E-state index contributed by atoms with van der Waals surface area (Å²) in [5.41, 5.74) is 1.83. The van der Waals surface area contributed by atoms with Crippen LogP contribution in [-0.4, -0.2) is 72.5 Å². The molecule has 35 heavy (non-hydrogen) atoms. The van der Waals surface area contributed by atoms with Gasteiger partial charge < -0.3 is 14.5 Å². The van der Waals surface area contributed by atoms with Crippen LogP contribution in [0.1, 0.15) is 43.2 Å². The van der Waals surface area contributed by atoms with E-state index in [1.165, 1.54) is 12.1 Å². The highest BCUT2D eigenvalue weighted by Gasteiger charge is 2.26. The fourth-order valence-electron chi connectivity index (χ4n) is 3.99. The molecule has 0 aliphatic carbocycles. The normalized spacial score (nSPS) is 14.7. The third-order valence-corrected chi connectivity index (χ3v) is 7.10. The molecule has 0 N–H and O–H groups in total. The molecule has 0 radical (unpaired) electrons. The second-order valence-electron chi connectivity index (χ2n) is 10.4. The summed E-state index contributed by atoms with van der Waals surface area (Å²) in [6.07, 6.45) is 0.380. The van der Waals surface area contributed by atoms with Gasteiger partial charge in [0.05, 0.1) is 26.3 Å². The van der Waals surface area contributed by atoms with Gasteiger partial charge in [-0.2, -0.15) is 0 Å². The van der Waals surface area contributed by atoms with E-state index in [9.17, 15) is 14.0 Å². The Labute approximate surface area is 212 Å². The van der Waals surface area contributed by atoms with Crippen LogP contribution in [0.4, 0.5) is 4.39 Å². The molecule has 3 rings (SSSR count). The number of aryl methyl sites for hydroxylation is 1. The van der Waals surface area contributed by atoms with E-state index in [-0.39, 0.29) is 29.6 Å². The van der Waals surface area contributed by atoms with Gasteiger partial charge in [-0.1, -0.05) is 32.9 Å². The number of ether oxygens (including phenoxy) is 1. The number of carbonyl (C=O) groups is 2. The summed E-state index contributed by atoms with van der Waals surface area (Å²) < 4.78 is 18.9. The van der Waals surface area contributed by atoms with Crippen LogP contribution < -0.4 is 0 Å². The first-order chi connectivity index (χ1) is 16.6. The predicted octanol–water partition coefficient (Wildman–Crippen LogP) is 4.32. The number of carbonyl (C=O) groups excluding carboxylic acids is 2. The molecule has 0 bridgehead atoms. The highest BCUT2D eigenvalue weighted by atomic mass is 32.1. The topological polar surface area (TPSA) is 53.1 Å². The number of amides is 2. The van der Waals surface area contributed by atoms with Gasteiger partial charge in [0.25, 0.3) is 0 Å². The summed E-state index contributed by atoms with van der Waals surface area (Å²) in [6, 6.07) is 8.28. The zero-order chi connectivity index (χ0) is 25.4. The Bertz CT molecular complexity index is 965. The van der Waals surface area contributed by atoms with Crippen LogP contribution in [0, 0.1) is 18.2 Å². The highest BCUT2D eigenvalue weighted by Crippen LogP contribution is 2.22. The van der Waals surface area contributed by atoms with E-state index in [1.54, 1.807) is 33.3 Å². The van der Waals surface area contributed by atoms with Crippen molar-refractivity contribution in [1.29, 1.82) is 0 Å². The van der Waals surface area contributed by atoms with Crippen molar-refractivity contribution in [2.75, 3.05) is 45.9 Å². The minimum Gasteiger partial charge on any atom is -0.379 e. The minimum atomic E-state index is -0.303. The molecule has 1 saturated heterocycles. The molecular formula is C27H38FN3O3S. The Balaban J connectivity index is 1.75. The molecule has 2 aromatic rings. The van der Waals surface area contributed by atoms with Crippen LogP contribution in [0.2, 0.25) is 0 Å². The summed E-state index contributed by atoms with van der Waals surface area (Å²) in [6.45, 7) is 13.3. The Morgan fingerprint density at radius 1 is 1.03 bits per heavy atom. The Kier molecular flexibility index (Phi) is 9.83. The van der Waals surface area contributed by atoms with Crippen molar-refractivity contribution < 1.29 is 18.7 Å². The lowest BCUT2D eigenvalue weighted by Crippen LogP contribution is -2.47. The lowest BCUT2D eigenvalue weighted by Gasteiger charge is -2.32. The van der Waals surface area contributed by atoms with Crippen molar-refractivity contribution in [1.82, 2.24) is 14.7 Å². The maximum Gasteiger partial charge on any atom is 0.242 e. The standard InChI is InChI=1S/C27H38FN3O3S/c1-21-9-16-35-24(21)19-31(18-22-5-7-23(28)8-6-22)26(33)20-30(25(32)17-27(2,3)4)11-10-29-12-14-34-15-13-29/h5-9,16H,10-15,17-20H2,1-4H3. The van der Waals surface area contributed by atoms with Gasteiger partial charge in [-0.25, -0.2) is 4.39 Å². The van der Waals surface area contributed by atoms with E-state index in [2.05, 4.69) is 4.90 Å². The number of halogens is 1. The number of nitrogens with zero attached hydrogens (tertiary/aromatic N) is 3. The van der Waals surface area contributed by atoms with Crippen LogP contribution in [0.25, 0.3) is 0 Å². The lowest BCUT2D eigenvalue weighted by atomic mass is 9.91. The monoisotopic (exact) mass is 503 g/mol. The Hall–Kier alpha value is -2.29. The van der Waals surface area contributed by atoms with Gasteiger partial charge in [0, 0.05) is 44.0 Å². The number of hydrogen-bond acceptors (Lipinski definition) is 5. The molecule has 0 saturated carbocycles. The molecule has 6 nitrogen and oxygen atoms in total. The van der Waals surface area contributed by atoms with E-state index < -0.39 is 0 Å². The SMILES string of the molecule is Cc1ccsc1CN(Cc1ccc(F)cc1)C(=O)CN(CCN1CCOCC1)C(=O)CC(C)(C)C. The average molecular weight is 504 g/mol. The van der Waals surface area contributed by atoms with E-state index in [0.717, 1.165) is 29.1 Å². The molecule has 2 amide bonds. The summed E-state index contributed by atoms with van der Waals surface area (Å²) >= 11 is 1.62. The van der Waals surface area contributed by atoms with Crippen LogP contribution in [-0.2, 0) is 27.4 Å². The summed E-state index contributed by atoms with van der Waals surface area (Å²) in [7, 11) is 0. The maximum absolute atomic E-state index is 13.6. The zero-order valence-electron chi connectivity index (χ0n) is 21.4. The summed E-state index contributed by atoms with van der Waals surface area (Å²) in [5.74, 6) is -0.415. The second kappa shape index (κ2) is 12.6. The molecule has 1 fully saturated rings. The maximum atomic E-state index is 13.6. The summed E-state index contributed by atoms with van der Waals surface area (Å²) in [4.78, 5) is 33.7. The molecule has 1 aromatic heterocycles. The quantitative estimate of drug-likeness (QED) is 0.485. The number of hydrogen-bond donors (Lipinski definition) is 0. The predicted molar refractivity (Wildman–Crippen MR) is 138 cm³/mol. The first kappa shape index (κ1) is 27.3. The molecule has 2 heterocycles. The van der Waals surface area contributed by atoms with Gasteiger partial charge in [0.1, 0.15) is 5.82 Å². The molecule has 0 spiro atoms. The van der Waals surface area contributed by atoms with Gasteiger partial charge >= 0.3 is 0 Å². The van der Waals surface area contributed by atoms with E-state index in [4.69, 9.17) is 4.74 Å². The van der Waals surface area contributed by atoms with Gasteiger partial charge in [0.2, 0.25) is 11.8 Å². The van der Waals surface area contributed by atoms with Crippen molar-refractivity contribution in [2.24, 2.45) is 5.41 Å². The third-order valence-electron chi connectivity index (χ3n) is 6.09. The molecule has 1 aliphatic heterocycles. The summed E-state index contributed by atoms with van der Waals surface area (Å²) in [5, 5.41) is 2.02. The number of morpholine rings is 1. The van der Waals surface area contributed by atoms with E-state index in [1.807, 2.05) is 39.1 Å². The van der Waals surface area contributed by atoms with Crippen LogP contribution in [0.3, 0.4) is 0 Å².